The monoisotopic (exact) mass is 283 g/mol. The van der Waals surface area contributed by atoms with E-state index in [0.29, 0.717) is 37.9 Å². The van der Waals surface area contributed by atoms with Crippen LogP contribution in [-0.4, -0.2) is 49.6 Å². The topological polar surface area (TPSA) is 99.2 Å². The summed E-state index contributed by atoms with van der Waals surface area (Å²) in [7, 11) is 1.66. The van der Waals surface area contributed by atoms with Gasteiger partial charge in [0.1, 0.15) is 6.61 Å². The van der Waals surface area contributed by atoms with Crippen LogP contribution in [0.25, 0.3) is 0 Å². The molecule has 0 aromatic carbocycles. The predicted molar refractivity (Wildman–Crippen MR) is 74.3 cm³/mol. The average molecular weight is 283 g/mol. The number of hydrogen-bond acceptors (Lipinski definition) is 6. The second-order valence-corrected chi connectivity index (χ2v) is 4.13. The number of pyridine rings is 1. The van der Waals surface area contributed by atoms with E-state index in [1.807, 2.05) is 6.92 Å². The van der Waals surface area contributed by atoms with Gasteiger partial charge in [0.15, 0.2) is 5.84 Å². The van der Waals surface area contributed by atoms with E-state index in [9.17, 15) is 0 Å². The molecule has 3 N–H and O–H groups in total. The van der Waals surface area contributed by atoms with E-state index in [1.54, 1.807) is 19.2 Å². The van der Waals surface area contributed by atoms with Crippen molar-refractivity contribution in [2.75, 3.05) is 33.5 Å². The van der Waals surface area contributed by atoms with Crippen molar-refractivity contribution in [1.29, 1.82) is 0 Å². The molecule has 20 heavy (non-hydrogen) atoms. The van der Waals surface area contributed by atoms with Crippen molar-refractivity contribution < 1.29 is 19.4 Å². The number of methoxy groups -OCH3 is 1. The minimum absolute atomic E-state index is 0.0242. The maximum atomic E-state index is 8.66. The number of aromatic nitrogens is 1. The van der Waals surface area contributed by atoms with Gasteiger partial charge in [-0.1, -0.05) is 5.16 Å². The zero-order chi connectivity index (χ0) is 14.8. The fourth-order valence-electron chi connectivity index (χ4n) is 1.53. The molecule has 0 atom stereocenters. The molecule has 0 spiro atoms. The molecule has 0 aliphatic carbocycles. The second-order valence-electron chi connectivity index (χ2n) is 4.13. The van der Waals surface area contributed by atoms with E-state index < -0.39 is 0 Å². The van der Waals surface area contributed by atoms with Crippen molar-refractivity contribution in [3.05, 3.63) is 23.4 Å². The molecule has 0 saturated heterocycles. The maximum Gasteiger partial charge on any atom is 0.214 e. The van der Waals surface area contributed by atoms with Crippen molar-refractivity contribution in [2.45, 2.75) is 13.3 Å². The summed E-state index contributed by atoms with van der Waals surface area (Å²) in [5.41, 5.74) is 6.83. The first kappa shape index (κ1) is 16.2. The summed E-state index contributed by atoms with van der Waals surface area (Å²) in [6.45, 7) is 3.98. The molecule has 1 rings (SSSR count). The molecule has 0 saturated carbocycles. The van der Waals surface area contributed by atoms with E-state index in [4.69, 9.17) is 25.2 Å². The highest BCUT2D eigenvalue weighted by atomic mass is 16.5. The first-order valence-corrected chi connectivity index (χ1v) is 6.33. The van der Waals surface area contributed by atoms with E-state index >= 15 is 0 Å². The highest BCUT2D eigenvalue weighted by molar-refractivity contribution is 5.97. The SMILES string of the molecule is COCCCOCCOc1cc(/C(N)=N/O)cc(C)n1. The molecule has 0 amide bonds. The molecule has 0 unspecified atom stereocenters. The highest BCUT2D eigenvalue weighted by Crippen LogP contribution is 2.12. The lowest BCUT2D eigenvalue weighted by Crippen LogP contribution is -2.15. The Morgan fingerprint density at radius 1 is 1.30 bits per heavy atom. The maximum absolute atomic E-state index is 8.66. The summed E-state index contributed by atoms with van der Waals surface area (Å²) in [6, 6.07) is 3.33. The third-order valence-corrected chi connectivity index (χ3v) is 2.45. The summed E-state index contributed by atoms with van der Waals surface area (Å²) in [5.74, 6) is 0.447. The Morgan fingerprint density at radius 3 is 2.80 bits per heavy atom. The Labute approximate surface area is 118 Å². The molecular weight excluding hydrogens is 262 g/mol. The number of aryl methyl sites for hydroxylation is 1. The highest BCUT2D eigenvalue weighted by Gasteiger charge is 2.05. The van der Waals surface area contributed by atoms with Crippen LogP contribution in [0, 0.1) is 6.92 Å². The molecule has 0 radical (unpaired) electrons. The lowest BCUT2D eigenvalue weighted by atomic mass is 10.2. The zero-order valence-corrected chi connectivity index (χ0v) is 11.8. The minimum Gasteiger partial charge on any atom is -0.475 e. The number of oxime groups is 1. The first-order chi connectivity index (χ1) is 9.67. The summed E-state index contributed by atoms with van der Waals surface area (Å²) in [5, 5.41) is 11.6. The van der Waals surface area contributed by atoms with Gasteiger partial charge in [-0.15, -0.1) is 0 Å². The fourth-order valence-corrected chi connectivity index (χ4v) is 1.53. The third-order valence-electron chi connectivity index (χ3n) is 2.45. The normalized spacial score (nSPS) is 11.6. The van der Waals surface area contributed by atoms with E-state index in [2.05, 4.69) is 10.1 Å². The fraction of sp³-hybridized carbons (Fsp3) is 0.538. The summed E-state index contributed by atoms with van der Waals surface area (Å²) in [4.78, 5) is 4.21. The van der Waals surface area contributed by atoms with Crippen LogP contribution in [0.1, 0.15) is 17.7 Å². The van der Waals surface area contributed by atoms with Crippen molar-refractivity contribution in [1.82, 2.24) is 4.98 Å². The van der Waals surface area contributed by atoms with Gasteiger partial charge in [-0.25, -0.2) is 4.98 Å². The van der Waals surface area contributed by atoms with E-state index in [1.165, 1.54) is 0 Å². The number of hydrogen-bond donors (Lipinski definition) is 2. The zero-order valence-electron chi connectivity index (χ0n) is 11.8. The van der Waals surface area contributed by atoms with Gasteiger partial charge < -0.3 is 25.2 Å². The number of amidine groups is 1. The number of rotatable bonds is 9. The minimum atomic E-state index is 0.0242. The van der Waals surface area contributed by atoms with Gasteiger partial charge in [0.2, 0.25) is 5.88 Å². The molecule has 7 nitrogen and oxygen atoms in total. The largest absolute Gasteiger partial charge is 0.475 e. The van der Waals surface area contributed by atoms with Crippen LogP contribution >= 0.6 is 0 Å². The van der Waals surface area contributed by atoms with Crippen molar-refractivity contribution in [3.8, 4) is 5.88 Å². The Bertz CT molecular complexity index is 438. The van der Waals surface area contributed by atoms with Crippen LogP contribution in [-0.2, 0) is 9.47 Å². The summed E-state index contributed by atoms with van der Waals surface area (Å²) >= 11 is 0. The van der Waals surface area contributed by atoms with Crippen LogP contribution in [0.15, 0.2) is 17.3 Å². The van der Waals surface area contributed by atoms with Crippen molar-refractivity contribution >= 4 is 5.84 Å². The van der Waals surface area contributed by atoms with E-state index in [0.717, 1.165) is 12.1 Å². The van der Waals surface area contributed by atoms with E-state index in [-0.39, 0.29) is 5.84 Å². The summed E-state index contributed by atoms with van der Waals surface area (Å²) in [6.07, 6.45) is 0.854. The number of ether oxygens (including phenoxy) is 3. The third kappa shape index (κ3) is 5.85. The van der Waals surface area contributed by atoms with Gasteiger partial charge in [0, 0.05) is 37.6 Å². The van der Waals surface area contributed by atoms with Crippen LogP contribution < -0.4 is 10.5 Å². The van der Waals surface area contributed by atoms with Crippen molar-refractivity contribution in [3.63, 3.8) is 0 Å². The van der Waals surface area contributed by atoms with Gasteiger partial charge in [0.05, 0.1) is 6.61 Å². The molecule has 0 bridgehead atoms. The first-order valence-electron chi connectivity index (χ1n) is 6.33. The Morgan fingerprint density at radius 2 is 2.10 bits per heavy atom. The predicted octanol–water partition coefficient (Wildman–Crippen LogP) is 0.916. The molecule has 0 fully saturated rings. The Balaban J connectivity index is 2.38. The van der Waals surface area contributed by atoms with Crippen molar-refractivity contribution in [2.24, 2.45) is 10.9 Å². The molecule has 7 heteroatoms. The molecule has 0 aliphatic heterocycles. The quantitative estimate of drug-likeness (QED) is 0.230. The average Bonchev–Trinajstić information content (AvgIpc) is 2.45. The molecular formula is C13H21N3O4. The molecule has 112 valence electrons. The molecule has 0 aliphatic rings. The van der Waals surface area contributed by atoms with Gasteiger partial charge in [0.25, 0.3) is 0 Å². The number of nitrogens with zero attached hydrogens (tertiary/aromatic N) is 2. The summed E-state index contributed by atoms with van der Waals surface area (Å²) < 4.78 is 15.7. The lowest BCUT2D eigenvalue weighted by Gasteiger charge is -2.08. The van der Waals surface area contributed by atoms with Crippen LogP contribution in [0.2, 0.25) is 0 Å². The van der Waals surface area contributed by atoms with Crippen LogP contribution in [0.4, 0.5) is 0 Å². The van der Waals surface area contributed by atoms with Gasteiger partial charge in [-0.05, 0) is 19.4 Å². The molecule has 1 aromatic heterocycles. The molecule has 1 heterocycles. The standard InChI is InChI=1S/C13H21N3O4/c1-10-8-11(13(14)16-17)9-12(15-10)20-7-6-19-5-3-4-18-2/h8-9,17H,3-7H2,1-2H3,(H2,14,16). The van der Waals surface area contributed by atoms with Gasteiger partial charge in [-0.3, -0.25) is 0 Å². The Hall–Kier alpha value is -1.86. The smallest absolute Gasteiger partial charge is 0.214 e. The number of nitrogens with two attached hydrogens (primary N) is 1. The second kappa shape index (κ2) is 9.11. The molecule has 1 aromatic rings. The van der Waals surface area contributed by atoms with Crippen LogP contribution in [0.5, 0.6) is 5.88 Å². The van der Waals surface area contributed by atoms with Crippen LogP contribution in [0.3, 0.4) is 0 Å². The Kier molecular flexibility index (Phi) is 7.38. The van der Waals surface area contributed by atoms with Gasteiger partial charge in [-0.2, -0.15) is 0 Å². The lowest BCUT2D eigenvalue weighted by molar-refractivity contribution is 0.0795. The van der Waals surface area contributed by atoms with Gasteiger partial charge >= 0.3 is 0 Å².